The molecule has 1 amide bonds. The molecule has 9 nitrogen and oxygen atoms in total. The molecule has 0 bridgehead atoms. The van der Waals surface area contributed by atoms with Crippen LogP contribution in [0.1, 0.15) is 35.6 Å². The molecule has 33 heavy (non-hydrogen) atoms. The Morgan fingerprint density at radius 3 is 2.18 bits per heavy atom. The van der Waals surface area contributed by atoms with Crippen molar-refractivity contribution >= 4 is 29.2 Å². The number of hydrogen-bond acceptors (Lipinski definition) is 5. The molecule has 1 aliphatic heterocycles. The molecule has 0 atom stereocenters. The number of fused-ring (bicyclic) bond motifs is 1. The van der Waals surface area contributed by atoms with E-state index in [1.165, 1.54) is 9.13 Å². The minimum absolute atomic E-state index is 0.0544. The lowest BCUT2D eigenvalue weighted by atomic mass is 10.1. The summed E-state index contributed by atoms with van der Waals surface area (Å²) in [6.45, 7) is 7.64. The maximum atomic E-state index is 12.8. The van der Waals surface area contributed by atoms with E-state index < -0.39 is 0 Å². The molecule has 0 saturated carbocycles. The highest BCUT2D eigenvalue weighted by atomic mass is 16.2. The maximum Gasteiger partial charge on any atom is 0.332 e. The van der Waals surface area contributed by atoms with Gasteiger partial charge in [-0.15, -0.1) is 0 Å². The smallest absolute Gasteiger partial charge is 0.332 e. The second-order valence-corrected chi connectivity index (χ2v) is 8.33. The van der Waals surface area contributed by atoms with Gasteiger partial charge in [0.1, 0.15) is 5.82 Å². The number of imidazole rings is 1. The summed E-state index contributed by atoms with van der Waals surface area (Å²) in [5.74, 6) is 0.633. The van der Waals surface area contributed by atoms with Gasteiger partial charge >= 0.3 is 5.69 Å². The van der Waals surface area contributed by atoms with Gasteiger partial charge in [0.15, 0.2) is 11.2 Å². The monoisotopic (exact) mass is 450 g/mol. The molecule has 0 unspecified atom stereocenters. The van der Waals surface area contributed by atoms with Crippen molar-refractivity contribution < 1.29 is 4.79 Å². The van der Waals surface area contributed by atoms with Crippen LogP contribution in [0.2, 0.25) is 0 Å². The highest BCUT2D eigenvalue weighted by Crippen LogP contribution is 2.15. The van der Waals surface area contributed by atoms with Crippen LogP contribution in [0.4, 0.5) is 0 Å². The Morgan fingerprint density at radius 2 is 1.58 bits per heavy atom. The summed E-state index contributed by atoms with van der Waals surface area (Å²) in [6.07, 6.45) is 3.70. The molecule has 0 aliphatic carbocycles. The number of likely N-dealkylation sites (N-methyl/N-ethyl adjacent to an activating group) is 1. The standard InChI is InChI=1S/C24H30N6O3/c1-5-29-21-20(23(32)30(6-2)24(29)33)27(4)19(25-21)12-9-17-7-10-18(11-8-17)22(31)28-15-13-26(3)14-16-28/h7-12H,5-6,13-16H2,1-4H3. The summed E-state index contributed by atoms with van der Waals surface area (Å²) >= 11 is 0. The van der Waals surface area contributed by atoms with Gasteiger partial charge in [0.2, 0.25) is 0 Å². The van der Waals surface area contributed by atoms with E-state index in [-0.39, 0.29) is 17.2 Å². The van der Waals surface area contributed by atoms with Crippen molar-refractivity contribution in [2.45, 2.75) is 26.9 Å². The normalized spacial score (nSPS) is 15.1. The molecule has 0 N–H and O–H groups in total. The lowest BCUT2D eigenvalue weighted by Crippen LogP contribution is -2.47. The Hall–Kier alpha value is -3.46. The van der Waals surface area contributed by atoms with Crippen molar-refractivity contribution in [2.75, 3.05) is 33.2 Å². The Morgan fingerprint density at radius 1 is 0.939 bits per heavy atom. The van der Waals surface area contributed by atoms with Crippen molar-refractivity contribution in [2.24, 2.45) is 7.05 Å². The van der Waals surface area contributed by atoms with Crippen LogP contribution in [0, 0.1) is 0 Å². The van der Waals surface area contributed by atoms with E-state index >= 15 is 0 Å². The molecular weight excluding hydrogens is 420 g/mol. The van der Waals surface area contributed by atoms with E-state index in [0.29, 0.717) is 35.6 Å². The number of aromatic nitrogens is 4. The van der Waals surface area contributed by atoms with Crippen molar-refractivity contribution in [1.82, 2.24) is 28.5 Å². The van der Waals surface area contributed by atoms with Gasteiger partial charge in [0.05, 0.1) is 0 Å². The molecule has 0 spiro atoms. The fourth-order valence-electron chi connectivity index (χ4n) is 4.19. The third kappa shape index (κ3) is 4.16. The Bertz CT molecular complexity index is 1320. The first kappa shape index (κ1) is 22.7. The fraction of sp³-hybridized carbons (Fsp3) is 0.417. The summed E-state index contributed by atoms with van der Waals surface area (Å²) < 4.78 is 4.48. The Kier molecular flexibility index (Phi) is 6.33. The zero-order valence-electron chi connectivity index (χ0n) is 19.6. The van der Waals surface area contributed by atoms with Crippen LogP contribution in [-0.2, 0) is 20.1 Å². The van der Waals surface area contributed by atoms with Crippen molar-refractivity contribution in [3.63, 3.8) is 0 Å². The lowest BCUT2D eigenvalue weighted by Gasteiger charge is -2.32. The van der Waals surface area contributed by atoms with Gasteiger partial charge in [0, 0.05) is 51.9 Å². The molecule has 1 aromatic carbocycles. The Labute approximate surface area is 192 Å². The van der Waals surface area contributed by atoms with Crippen LogP contribution in [0.25, 0.3) is 23.3 Å². The molecule has 9 heteroatoms. The van der Waals surface area contributed by atoms with Crippen LogP contribution >= 0.6 is 0 Å². The number of aryl methyl sites for hydroxylation is 2. The number of rotatable bonds is 5. The molecule has 3 aromatic rings. The SMILES string of the molecule is CCn1c(=O)c2c(nc(C=Cc3ccc(C(=O)N4CCN(C)CC4)cc3)n2C)n(CC)c1=O. The summed E-state index contributed by atoms with van der Waals surface area (Å²) in [6, 6.07) is 7.47. The number of piperazine rings is 1. The highest BCUT2D eigenvalue weighted by molar-refractivity contribution is 5.94. The highest BCUT2D eigenvalue weighted by Gasteiger charge is 2.20. The van der Waals surface area contributed by atoms with E-state index in [1.807, 2.05) is 48.2 Å². The molecule has 2 aromatic heterocycles. The first-order chi connectivity index (χ1) is 15.8. The van der Waals surface area contributed by atoms with Gasteiger partial charge in [0.25, 0.3) is 11.5 Å². The van der Waals surface area contributed by atoms with Crippen LogP contribution < -0.4 is 11.2 Å². The van der Waals surface area contributed by atoms with Crippen molar-refractivity contribution in [3.8, 4) is 0 Å². The number of amides is 1. The van der Waals surface area contributed by atoms with Crippen molar-refractivity contribution in [1.29, 1.82) is 0 Å². The zero-order valence-corrected chi connectivity index (χ0v) is 19.6. The van der Waals surface area contributed by atoms with Gasteiger partial charge in [-0.05, 0) is 44.7 Å². The van der Waals surface area contributed by atoms with Crippen LogP contribution in [0.5, 0.6) is 0 Å². The van der Waals surface area contributed by atoms with Gasteiger partial charge in [-0.2, -0.15) is 0 Å². The third-order valence-electron chi connectivity index (χ3n) is 6.28. The van der Waals surface area contributed by atoms with E-state index in [0.717, 1.165) is 31.7 Å². The van der Waals surface area contributed by atoms with Crippen LogP contribution in [0.3, 0.4) is 0 Å². The molecule has 1 saturated heterocycles. The Balaban J connectivity index is 1.60. The summed E-state index contributed by atoms with van der Waals surface area (Å²) in [5.41, 5.74) is 1.72. The zero-order chi connectivity index (χ0) is 23.7. The maximum absolute atomic E-state index is 12.8. The second kappa shape index (κ2) is 9.19. The van der Waals surface area contributed by atoms with Crippen molar-refractivity contribution in [3.05, 3.63) is 62.1 Å². The summed E-state index contributed by atoms with van der Waals surface area (Å²) in [4.78, 5) is 46.8. The predicted molar refractivity (Wildman–Crippen MR) is 129 cm³/mol. The lowest BCUT2D eigenvalue weighted by molar-refractivity contribution is 0.0664. The largest absolute Gasteiger partial charge is 0.336 e. The third-order valence-corrected chi connectivity index (χ3v) is 6.28. The number of hydrogen-bond donors (Lipinski definition) is 0. The molecule has 4 rings (SSSR count). The average molecular weight is 451 g/mol. The molecule has 0 radical (unpaired) electrons. The number of benzene rings is 1. The minimum Gasteiger partial charge on any atom is -0.336 e. The number of carbonyl (C=O) groups excluding carboxylic acids is 1. The molecule has 3 heterocycles. The van der Waals surface area contributed by atoms with E-state index in [9.17, 15) is 14.4 Å². The fourth-order valence-corrected chi connectivity index (χ4v) is 4.19. The van der Waals surface area contributed by atoms with Gasteiger partial charge in [-0.3, -0.25) is 18.7 Å². The van der Waals surface area contributed by atoms with Gasteiger partial charge in [-0.25, -0.2) is 9.78 Å². The van der Waals surface area contributed by atoms with E-state index in [1.54, 1.807) is 18.5 Å². The van der Waals surface area contributed by atoms with Crippen LogP contribution in [0.15, 0.2) is 33.9 Å². The first-order valence-corrected chi connectivity index (χ1v) is 11.3. The minimum atomic E-state index is -0.341. The van der Waals surface area contributed by atoms with Gasteiger partial charge in [-0.1, -0.05) is 18.2 Å². The van der Waals surface area contributed by atoms with E-state index in [2.05, 4.69) is 16.9 Å². The average Bonchev–Trinajstić information content (AvgIpc) is 3.15. The predicted octanol–water partition coefficient (Wildman–Crippen LogP) is 1.49. The first-order valence-electron chi connectivity index (χ1n) is 11.3. The van der Waals surface area contributed by atoms with Gasteiger partial charge < -0.3 is 14.4 Å². The summed E-state index contributed by atoms with van der Waals surface area (Å²) in [5, 5.41) is 0. The number of carbonyl (C=O) groups is 1. The topological polar surface area (TPSA) is 85.4 Å². The molecule has 174 valence electrons. The molecule has 1 fully saturated rings. The number of nitrogens with zero attached hydrogens (tertiary/aromatic N) is 6. The molecule has 1 aliphatic rings. The van der Waals surface area contributed by atoms with E-state index in [4.69, 9.17) is 0 Å². The second-order valence-electron chi connectivity index (χ2n) is 8.33. The molecular formula is C24H30N6O3. The quantitative estimate of drug-likeness (QED) is 0.588. The summed E-state index contributed by atoms with van der Waals surface area (Å²) in [7, 11) is 3.84. The van der Waals surface area contributed by atoms with Crippen LogP contribution in [-0.4, -0.2) is 67.6 Å².